The van der Waals surface area contributed by atoms with Crippen LogP contribution in [0.5, 0.6) is 0 Å². The van der Waals surface area contributed by atoms with E-state index in [1.54, 1.807) is 0 Å². The molecule has 0 spiro atoms. The van der Waals surface area contributed by atoms with Crippen molar-refractivity contribution in [1.82, 2.24) is 0 Å². The number of rotatable bonds is 5. The maximum Gasteiger partial charge on any atom is 0.108 e. The molecule has 2 heteroatoms. The highest BCUT2D eigenvalue weighted by Gasteiger charge is 2.26. The summed E-state index contributed by atoms with van der Waals surface area (Å²) in [6, 6.07) is 16.9. The molecule has 20 heavy (non-hydrogen) atoms. The summed E-state index contributed by atoms with van der Waals surface area (Å²) in [4.78, 5) is 0. The molecule has 0 unspecified atom stereocenters. The molecule has 1 aliphatic rings. The van der Waals surface area contributed by atoms with E-state index in [-0.39, 0.29) is 12.2 Å². The van der Waals surface area contributed by atoms with Crippen LogP contribution in [0.2, 0.25) is 0 Å². The molecule has 1 aliphatic heterocycles. The molecule has 0 bridgehead atoms. The number of hydrogen-bond donors (Lipinski definition) is 0. The van der Waals surface area contributed by atoms with Crippen molar-refractivity contribution in [2.45, 2.75) is 26.1 Å². The summed E-state index contributed by atoms with van der Waals surface area (Å²) in [7, 11) is 0. The minimum atomic E-state index is -0.0124. The van der Waals surface area contributed by atoms with Gasteiger partial charge in [0.05, 0.1) is 13.2 Å². The van der Waals surface area contributed by atoms with Gasteiger partial charge in [-0.2, -0.15) is 0 Å². The summed E-state index contributed by atoms with van der Waals surface area (Å²) in [6.07, 6.45) is 0.270. The van der Waals surface area contributed by atoms with Crippen LogP contribution in [0.3, 0.4) is 0 Å². The van der Waals surface area contributed by atoms with Gasteiger partial charge >= 0.3 is 0 Å². The van der Waals surface area contributed by atoms with E-state index >= 15 is 0 Å². The van der Waals surface area contributed by atoms with E-state index in [0.29, 0.717) is 6.61 Å². The number of ether oxygens (including phenoxy) is 2. The quantitative estimate of drug-likeness (QED) is 0.769. The van der Waals surface area contributed by atoms with Crippen molar-refractivity contribution < 1.29 is 9.47 Å². The number of epoxide rings is 1. The topological polar surface area (TPSA) is 21.8 Å². The fourth-order valence-corrected chi connectivity index (χ4v) is 2.48. The second-order valence-corrected chi connectivity index (χ2v) is 5.38. The predicted molar refractivity (Wildman–Crippen MR) is 79.9 cm³/mol. The van der Waals surface area contributed by atoms with Crippen molar-refractivity contribution >= 4 is 0 Å². The van der Waals surface area contributed by atoms with Crippen molar-refractivity contribution in [3.05, 3.63) is 70.8 Å². The van der Waals surface area contributed by atoms with E-state index in [4.69, 9.17) is 9.47 Å². The lowest BCUT2D eigenvalue weighted by atomic mass is 9.94. The standard InChI is InChI=1S/C18H20O2/c1-13-7-3-5-9-16(13)18(20-12-15-11-19-15)17-10-6-4-8-14(17)2/h3-10,15,18H,11-12H2,1-2H3/t15-/m1/s1. The Hall–Kier alpha value is -1.64. The fraction of sp³-hybridized carbons (Fsp3) is 0.333. The highest BCUT2D eigenvalue weighted by atomic mass is 16.6. The molecule has 1 fully saturated rings. The van der Waals surface area contributed by atoms with Crippen LogP contribution in [-0.4, -0.2) is 19.3 Å². The third-order valence-corrected chi connectivity index (χ3v) is 3.79. The van der Waals surface area contributed by atoms with Gasteiger partial charge in [-0.1, -0.05) is 48.5 Å². The molecule has 0 saturated carbocycles. The summed E-state index contributed by atoms with van der Waals surface area (Å²) < 4.78 is 11.4. The van der Waals surface area contributed by atoms with E-state index in [1.165, 1.54) is 22.3 Å². The Labute approximate surface area is 120 Å². The van der Waals surface area contributed by atoms with Gasteiger partial charge in [0.1, 0.15) is 12.2 Å². The minimum Gasteiger partial charge on any atom is -0.371 e. The SMILES string of the molecule is Cc1ccccc1C(OC[C@H]1CO1)c1ccccc1C. The Morgan fingerprint density at radius 1 is 1.00 bits per heavy atom. The van der Waals surface area contributed by atoms with Crippen LogP contribution in [0, 0.1) is 13.8 Å². The third-order valence-electron chi connectivity index (χ3n) is 3.79. The van der Waals surface area contributed by atoms with Gasteiger partial charge in [-0.3, -0.25) is 0 Å². The van der Waals surface area contributed by atoms with E-state index in [1.807, 2.05) is 0 Å². The molecule has 104 valence electrons. The minimum absolute atomic E-state index is 0.0124. The number of hydrogen-bond acceptors (Lipinski definition) is 2. The van der Waals surface area contributed by atoms with Gasteiger partial charge in [0.25, 0.3) is 0 Å². The Morgan fingerprint density at radius 2 is 1.50 bits per heavy atom. The summed E-state index contributed by atoms with van der Waals surface area (Å²) >= 11 is 0. The molecule has 0 radical (unpaired) electrons. The maximum atomic E-state index is 6.17. The summed E-state index contributed by atoms with van der Waals surface area (Å²) in [5.74, 6) is 0. The van der Waals surface area contributed by atoms with E-state index < -0.39 is 0 Å². The van der Waals surface area contributed by atoms with Crippen molar-refractivity contribution in [2.24, 2.45) is 0 Å². The molecule has 0 aliphatic carbocycles. The van der Waals surface area contributed by atoms with Crippen LogP contribution >= 0.6 is 0 Å². The lowest BCUT2D eigenvalue weighted by molar-refractivity contribution is 0.0665. The third kappa shape index (κ3) is 2.92. The maximum absolute atomic E-state index is 6.17. The molecule has 2 aromatic rings. The van der Waals surface area contributed by atoms with Gasteiger partial charge in [-0.25, -0.2) is 0 Å². The molecule has 0 N–H and O–H groups in total. The predicted octanol–water partition coefficient (Wildman–Crippen LogP) is 3.81. The Bertz CT molecular complexity index is 542. The molecule has 1 atom stereocenters. The number of aryl methyl sites for hydroxylation is 2. The molecule has 2 nitrogen and oxygen atoms in total. The average molecular weight is 268 g/mol. The summed E-state index contributed by atoms with van der Waals surface area (Å²) in [5, 5.41) is 0. The Balaban J connectivity index is 1.94. The van der Waals surface area contributed by atoms with Crippen LogP contribution in [0.25, 0.3) is 0 Å². The Kier molecular flexibility index (Phi) is 3.86. The highest BCUT2D eigenvalue weighted by molar-refractivity contribution is 5.38. The first-order valence-corrected chi connectivity index (χ1v) is 7.10. The zero-order valence-corrected chi connectivity index (χ0v) is 12.0. The summed E-state index contributed by atoms with van der Waals surface area (Å²) in [5.41, 5.74) is 5.00. The first-order chi connectivity index (χ1) is 9.75. The van der Waals surface area contributed by atoms with E-state index in [0.717, 1.165) is 6.61 Å². The molecule has 2 aromatic carbocycles. The van der Waals surface area contributed by atoms with Crippen molar-refractivity contribution in [3.8, 4) is 0 Å². The first-order valence-electron chi connectivity index (χ1n) is 7.10. The molecular formula is C18H20O2. The van der Waals surface area contributed by atoms with Crippen LogP contribution in [0.4, 0.5) is 0 Å². The molecule has 0 amide bonds. The lowest BCUT2D eigenvalue weighted by Crippen LogP contribution is -2.12. The van der Waals surface area contributed by atoms with Gasteiger partial charge in [0.2, 0.25) is 0 Å². The van der Waals surface area contributed by atoms with Crippen LogP contribution in [0.15, 0.2) is 48.5 Å². The van der Waals surface area contributed by atoms with Crippen molar-refractivity contribution in [1.29, 1.82) is 0 Å². The zero-order chi connectivity index (χ0) is 13.9. The zero-order valence-electron chi connectivity index (χ0n) is 12.0. The van der Waals surface area contributed by atoms with Gasteiger partial charge in [0.15, 0.2) is 0 Å². The fourth-order valence-electron chi connectivity index (χ4n) is 2.48. The lowest BCUT2D eigenvalue weighted by Gasteiger charge is -2.22. The molecule has 3 rings (SSSR count). The smallest absolute Gasteiger partial charge is 0.108 e. The number of benzene rings is 2. The molecule has 0 aromatic heterocycles. The van der Waals surface area contributed by atoms with Gasteiger partial charge in [-0.15, -0.1) is 0 Å². The molecule has 1 heterocycles. The van der Waals surface area contributed by atoms with Gasteiger partial charge in [-0.05, 0) is 36.1 Å². The second kappa shape index (κ2) is 5.78. The summed E-state index contributed by atoms with van der Waals surface area (Å²) in [6.45, 7) is 5.76. The van der Waals surface area contributed by atoms with E-state index in [9.17, 15) is 0 Å². The average Bonchev–Trinajstić information content (AvgIpc) is 3.27. The second-order valence-electron chi connectivity index (χ2n) is 5.38. The highest BCUT2D eigenvalue weighted by Crippen LogP contribution is 2.31. The molecule has 1 saturated heterocycles. The van der Waals surface area contributed by atoms with Gasteiger partial charge < -0.3 is 9.47 Å². The van der Waals surface area contributed by atoms with Gasteiger partial charge in [0, 0.05) is 0 Å². The van der Waals surface area contributed by atoms with Crippen LogP contribution < -0.4 is 0 Å². The first kappa shape index (κ1) is 13.3. The largest absolute Gasteiger partial charge is 0.371 e. The van der Waals surface area contributed by atoms with Crippen molar-refractivity contribution in [3.63, 3.8) is 0 Å². The monoisotopic (exact) mass is 268 g/mol. The van der Waals surface area contributed by atoms with Crippen LogP contribution in [0.1, 0.15) is 28.4 Å². The van der Waals surface area contributed by atoms with Crippen LogP contribution in [-0.2, 0) is 9.47 Å². The normalized spacial score (nSPS) is 17.4. The molecular weight excluding hydrogens is 248 g/mol. The van der Waals surface area contributed by atoms with Crippen molar-refractivity contribution in [2.75, 3.05) is 13.2 Å². The van der Waals surface area contributed by atoms with E-state index in [2.05, 4.69) is 62.4 Å². The Morgan fingerprint density at radius 3 is 1.95 bits per heavy atom.